The van der Waals surface area contributed by atoms with Crippen LogP contribution in [0.15, 0.2) is 12.2 Å². The molecule has 0 fully saturated rings. The van der Waals surface area contributed by atoms with E-state index in [2.05, 4.69) is 32.9 Å². The number of unbranched alkanes of at least 4 members (excludes halogenated alkanes) is 45. The van der Waals surface area contributed by atoms with E-state index in [0.717, 1.165) is 57.8 Å². The lowest BCUT2D eigenvalue weighted by Crippen LogP contribution is -2.30. The minimum absolute atomic E-state index is 0.0647. The van der Waals surface area contributed by atoms with E-state index in [1.165, 1.54) is 257 Å². The molecular weight excluding hydrogens is 853 g/mol. The van der Waals surface area contributed by atoms with Crippen LogP contribution in [-0.4, -0.2) is 37.2 Å². The van der Waals surface area contributed by atoms with Crippen LogP contribution in [0, 0.1) is 0 Å². The highest BCUT2D eigenvalue weighted by atomic mass is 16.6. The van der Waals surface area contributed by atoms with Crippen molar-refractivity contribution in [3.05, 3.63) is 12.2 Å². The van der Waals surface area contributed by atoms with E-state index in [4.69, 9.17) is 14.2 Å². The minimum Gasteiger partial charge on any atom is -0.462 e. The van der Waals surface area contributed by atoms with Crippen molar-refractivity contribution < 1.29 is 28.6 Å². The number of esters is 3. The number of allylic oxidation sites excluding steroid dienone is 2. The summed E-state index contributed by atoms with van der Waals surface area (Å²) in [6.45, 7) is 6.71. The molecule has 0 spiro atoms. The van der Waals surface area contributed by atoms with Crippen LogP contribution in [-0.2, 0) is 28.6 Å². The molecule has 0 unspecified atom stereocenters. The summed E-state index contributed by atoms with van der Waals surface area (Å²) >= 11 is 0. The molecule has 0 amide bonds. The van der Waals surface area contributed by atoms with Crippen molar-refractivity contribution in [1.82, 2.24) is 0 Å². The van der Waals surface area contributed by atoms with E-state index in [9.17, 15) is 14.4 Å². The lowest BCUT2D eigenvalue weighted by atomic mass is 10.0. The normalized spacial score (nSPS) is 12.0. The van der Waals surface area contributed by atoms with Gasteiger partial charge in [-0.05, 0) is 44.9 Å². The summed E-state index contributed by atoms with van der Waals surface area (Å²) in [6.07, 6.45) is 67.8. The van der Waals surface area contributed by atoms with E-state index >= 15 is 0 Å². The van der Waals surface area contributed by atoms with E-state index in [0.29, 0.717) is 19.3 Å². The van der Waals surface area contributed by atoms with Gasteiger partial charge in [0.2, 0.25) is 0 Å². The van der Waals surface area contributed by atoms with E-state index in [1.54, 1.807) is 0 Å². The number of carbonyl (C=O) groups is 3. The zero-order valence-corrected chi connectivity index (χ0v) is 46.9. The van der Waals surface area contributed by atoms with Crippen molar-refractivity contribution in [2.45, 2.75) is 361 Å². The van der Waals surface area contributed by atoms with Crippen molar-refractivity contribution in [2.75, 3.05) is 13.2 Å². The Hall–Kier alpha value is -1.85. The van der Waals surface area contributed by atoms with Gasteiger partial charge in [-0.25, -0.2) is 0 Å². The van der Waals surface area contributed by atoms with Crippen molar-refractivity contribution in [3.63, 3.8) is 0 Å². The standard InChI is InChI=1S/C63H120O6/c1-4-7-10-13-16-19-22-25-28-30-31-33-36-38-41-44-47-50-53-56-62(65)68-59-60(69-63(66)57-54-51-48-45-42-39-34-27-24-21-18-15-12-9-6-3)58-67-61(64)55-52-49-46-43-40-37-35-32-29-26-23-20-17-14-11-8-5-2/h26,29,60H,4-25,27-28,30-59H2,1-3H3/b29-26-/t60-/m1/s1. The number of rotatable bonds is 58. The molecular formula is C63H120O6. The minimum atomic E-state index is -0.766. The highest BCUT2D eigenvalue weighted by Gasteiger charge is 2.19. The van der Waals surface area contributed by atoms with E-state index in [-0.39, 0.29) is 31.1 Å². The van der Waals surface area contributed by atoms with Gasteiger partial charge in [0.05, 0.1) is 0 Å². The van der Waals surface area contributed by atoms with Crippen LogP contribution in [0.2, 0.25) is 0 Å². The van der Waals surface area contributed by atoms with Gasteiger partial charge in [0.15, 0.2) is 6.10 Å². The largest absolute Gasteiger partial charge is 0.462 e. The average Bonchev–Trinajstić information content (AvgIpc) is 3.35. The molecule has 0 aromatic carbocycles. The Morgan fingerprint density at radius 3 is 0.725 bits per heavy atom. The van der Waals surface area contributed by atoms with Gasteiger partial charge in [-0.1, -0.05) is 303 Å². The first-order valence-electron chi connectivity index (χ1n) is 31.2. The van der Waals surface area contributed by atoms with Gasteiger partial charge >= 0.3 is 17.9 Å². The maximum atomic E-state index is 12.9. The van der Waals surface area contributed by atoms with Gasteiger partial charge in [-0.15, -0.1) is 0 Å². The lowest BCUT2D eigenvalue weighted by Gasteiger charge is -2.18. The van der Waals surface area contributed by atoms with Crippen molar-refractivity contribution in [1.29, 1.82) is 0 Å². The molecule has 0 aliphatic rings. The maximum absolute atomic E-state index is 12.9. The fourth-order valence-corrected chi connectivity index (χ4v) is 9.56. The predicted octanol–water partition coefficient (Wildman–Crippen LogP) is 20.9. The van der Waals surface area contributed by atoms with Gasteiger partial charge in [0.1, 0.15) is 13.2 Å². The molecule has 0 aromatic heterocycles. The van der Waals surface area contributed by atoms with Gasteiger partial charge < -0.3 is 14.2 Å². The topological polar surface area (TPSA) is 78.9 Å². The fraction of sp³-hybridized carbons (Fsp3) is 0.921. The summed E-state index contributed by atoms with van der Waals surface area (Å²) in [4.78, 5) is 38.3. The molecule has 408 valence electrons. The summed E-state index contributed by atoms with van der Waals surface area (Å²) in [6, 6.07) is 0. The Morgan fingerprint density at radius 2 is 0.478 bits per heavy atom. The highest BCUT2D eigenvalue weighted by Crippen LogP contribution is 2.18. The molecule has 6 nitrogen and oxygen atoms in total. The summed E-state index contributed by atoms with van der Waals surface area (Å²) in [7, 11) is 0. The molecule has 0 aromatic rings. The van der Waals surface area contributed by atoms with Crippen molar-refractivity contribution in [2.24, 2.45) is 0 Å². The molecule has 0 saturated carbocycles. The zero-order chi connectivity index (χ0) is 50.0. The monoisotopic (exact) mass is 973 g/mol. The van der Waals surface area contributed by atoms with Crippen LogP contribution < -0.4 is 0 Å². The first-order valence-corrected chi connectivity index (χ1v) is 31.2. The fourth-order valence-electron chi connectivity index (χ4n) is 9.56. The second-order valence-corrected chi connectivity index (χ2v) is 21.3. The number of carbonyl (C=O) groups excluding carboxylic acids is 3. The van der Waals surface area contributed by atoms with Gasteiger partial charge in [0, 0.05) is 19.3 Å². The maximum Gasteiger partial charge on any atom is 0.306 e. The average molecular weight is 974 g/mol. The summed E-state index contributed by atoms with van der Waals surface area (Å²) in [5.41, 5.74) is 0. The Balaban J connectivity index is 4.29. The molecule has 0 aliphatic carbocycles. The molecule has 1 atom stereocenters. The second kappa shape index (κ2) is 58.7. The molecule has 0 bridgehead atoms. The quantitative estimate of drug-likeness (QED) is 0.0261. The van der Waals surface area contributed by atoms with Gasteiger partial charge in [-0.2, -0.15) is 0 Å². The predicted molar refractivity (Wildman–Crippen MR) is 298 cm³/mol. The van der Waals surface area contributed by atoms with Crippen LogP contribution in [0.3, 0.4) is 0 Å². The first kappa shape index (κ1) is 67.1. The summed E-state index contributed by atoms with van der Waals surface area (Å²) in [5, 5.41) is 0. The lowest BCUT2D eigenvalue weighted by molar-refractivity contribution is -0.167. The van der Waals surface area contributed by atoms with Crippen LogP contribution in [0.4, 0.5) is 0 Å². The second-order valence-electron chi connectivity index (χ2n) is 21.3. The Morgan fingerprint density at radius 1 is 0.275 bits per heavy atom. The molecule has 0 aliphatic heterocycles. The van der Waals surface area contributed by atoms with Crippen LogP contribution in [0.5, 0.6) is 0 Å². The molecule has 6 heteroatoms. The van der Waals surface area contributed by atoms with Crippen molar-refractivity contribution in [3.8, 4) is 0 Å². The first-order chi connectivity index (χ1) is 34.0. The molecule has 0 radical (unpaired) electrons. The van der Waals surface area contributed by atoms with E-state index < -0.39 is 6.10 Å². The summed E-state index contributed by atoms with van der Waals surface area (Å²) < 4.78 is 16.9. The van der Waals surface area contributed by atoms with Crippen LogP contribution in [0.25, 0.3) is 0 Å². The third-order valence-corrected chi connectivity index (χ3v) is 14.3. The Labute approximate surface area is 431 Å². The molecule has 0 saturated heterocycles. The van der Waals surface area contributed by atoms with Gasteiger partial charge in [0.25, 0.3) is 0 Å². The number of ether oxygens (including phenoxy) is 3. The molecule has 0 rings (SSSR count). The summed E-state index contributed by atoms with van der Waals surface area (Å²) in [5.74, 6) is -0.840. The smallest absolute Gasteiger partial charge is 0.306 e. The van der Waals surface area contributed by atoms with Crippen molar-refractivity contribution >= 4 is 17.9 Å². The molecule has 0 heterocycles. The van der Waals surface area contributed by atoms with E-state index in [1.807, 2.05) is 0 Å². The van der Waals surface area contributed by atoms with Gasteiger partial charge in [-0.3, -0.25) is 14.4 Å². The molecule has 69 heavy (non-hydrogen) atoms. The Kier molecular flexibility index (Phi) is 57.1. The SMILES string of the molecule is CCCCCCCC/C=C\CCCCCCCCCC(=O)OC[C@H](COC(=O)CCCCCCCCCCCCCCCCCCCCC)OC(=O)CCCCCCCCCCCCCCCCC. The molecule has 0 N–H and O–H groups in total. The highest BCUT2D eigenvalue weighted by molar-refractivity contribution is 5.71. The third-order valence-electron chi connectivity index (χ3n) is 14.3. The van der Waals surface area contributed by atoms with Crippen LogP contribution >= 0.6 is 0 Å². The van der Waals surface area contributed by atoms with Crippen LogP contribution in [0.1, 0.15) is 355 Å². The Bertz CT molecular complexity index is 1070. The zero-order valence-electron chi connectivity index (χ0n) is 46.9. The number of hydrogen-bond acceptors (Lipinski definition) is 6. The third kappa shape index (κ3) is 56.9. The number of hydrogen-bond donors (Lipinski definition) is 0.